The van der Waals surface area contributed by atoms with Gasteiger partial charge in [0.2, 0.25) is 5.91 Å². The molecule has 0 saturated carbocycles. The van der Waals surface area contributed by atoms with Crippen molar-refractivity contribution in [3.63, 3.8) is 0 Å². The molecule has 0 radical (unpaired) electrons. The Labute approximate surface area is 194 Å². The van der Waals surface area contributed by atoms with E-state index >= 15 is 0 Å². The fourth-order valence-electron chi connectivity index (χ4n) is 5.37. The van der Waals surface area contributed by atoms with E-state index in [0.717, 1.165) is 18.4 Å². The van der Waals surface area contributed by atoms with Crippen LogP contribution in [0, 0.1) is 17.7 Å². The van der Waals surface area contributed by atoms with Crippen molar-refractivity contribution in [1.82, 2.24) is 15.1 Å². The lowest BCUT2D eigenvalue weighted by atomic mass is 9.73. The summed E-state index contributed by atoms with van der Waals surface area (Å²) in [5.41, 5.74) is -0.303. The average Bonchev–Trinajstić information content (AvgIpc) is 3.38. The zero-order chi connectivity index (χ0) is 23.6. The molecule has 0 aromatic heterocycles. The van der Waals surface area contributed by atoms with Crippen LogP contribution in [0.15, 0.2) is 24.3 Å². The summed E-state index contributed by atoms with van der Waals surface area (Å²) in [6, 6.07) is 5.69. The summed E-state index contributed by atoms with van der Waals surface area (Å²) in [7, 11) is 0. The lowest BCUT2D eigenvalue weighted by Gasteiger charge is -2.41. The number of nitrogens with zero attached hydrogens (tertiary/aromatic N) is 2. The van der Waals surface area contributed by atoms with Gasteiger partial charge < -0.3 is 15.0 Å². The van der Waals surface area contributed by atoms with Crippen LogP contribution in [0.3, 0.4) is 0 Å². The zero-order valence-corrected chi connectivity index (χ0v) is 19.5. The predicted octanol–water partition coefficient (Wildman–Crippen LogP) is 3.12. The minimum absolute atomic E-state index is 0.114. The Morgan fingerprint density at radius 3 is 2.48 bits per heavy atom. The molecule has 8 heteroatoms. The van der Waals surface area contributed by atoms with Gasteiger partial charge in [-0.2, -0.15) is 0 Å². The summed E-state index contributed by atoms with van der Waals surface area (Å²) in [5.74, 6) is -0.262. The summed E-state index contributed by atoms with van der Waals surface area (Å²) >= 11 is 0. The van der Waals surface area contributed by atoms with Crippen LogP contribution in [0.25, 0.3) is 0 Å². The first-order valence-electron chi connectivity index (χ1n) is 12.1. The normalized spacial score (nSPS) is 26.4. The van der Waals surface area contributed by atoms with Gasteiger partial charge in [-0.05, 0) is 55.2 Å². The second-order valence-corrected chi connectivity index (χ2v) is 10.0. The van der Waals surface area contributed by atoms with Gasteiger partial charge in [-0.1, -0.05) is 26.0 Å². The Bertz CT molecular complexity index is 876. The number of imide groups is 1. The van der Waals surface area contributed by atoms with Gasteiger partial charge >= 0.3 is 6.03 Å². The lowest BCUT2D eigenvalue weighted by Crippen LogP contribution is -2.58. The highest BCUT2D eigenvalue weighted by atomic mass is 19.1. The van der Waals surface area contributed by atoms with E-state index in [1.165, 1.54) is 17.0 Å². The number of rotatable bonds is 7. The molecular formula is C25H34FN3O4. The van der Waals surface area contributed by atoms with Crippen molar-refractivity contribution in [2.45, 2.75) is 64.0 Å². The molecule has 0 spiro atoms. The standard InChI is InChI=1S/C25H34FN3O4/c1-17(2)14-22(30)28-11-9-19(10-12-28)25(15-18-5-7-20(26)8-6-18)23(31)29(24(32)27-25)16-21-4-3-13-33-21/h5-8,17,19,21H,3-4,9-16H2,1-2H3,(H,27,32). The number of piperidine rings is 1. The number of nitrogens with one attached hydrogen (secondary N) is 1. The molecule has 0 aliphatic carbocycles. The van der Waals surface area contributed by atoms with Gasteiger partial charge in [0.15, 0.2) is 0 Å². The summed E-state index contributed by atoms with van der Waals surface area (Å²) in [5, 5.41) is 3.03. The number of halogens is 1. The van der Waals surface area contributed by atoms with Crippen molar-refractivity contribution in [2.75, 3.05) is 26.2 Å². The SMILES string of the molecule is CC(C)CC(=O)N1CCC(C2(Cc3ccc(F)cc3)NC(=O)N(CC3CCCO3)C2=O)CC1. The number of hydrogen-bond acceptors (Lipinski definition) is 4. The maximum absolute atomic E-state index is 13.8. The molecule has 4 rings (SSSR count). The third-order valence-corrected chi connectivity index (χ3v) is 7.14. The molecule has 4 amide bonds. The monoisotopic (exact) mass is 459 g/mol. The van der Waals surface area contributed by atoms with E-state index in [0.29, 0.717) is 51.3 Å². The van der Waals surface area contributed by atoms with Crippen molar-refractivity contribution in [3.8, 4) is 0 Å². The Balaban J connectivity index is 1.55. The maximum atomic E-state index is 13.8. The molecule has 180 valence electrons. The van der Waals surface area contributed by atoms with E-state index in [2.05, 4.69) is 5.32 Å². The van der Waals surface area contributed by atoms with Crippen LogP contribution in [-0.2, 0) is 20.7 Å². The largest absolute Gasteiger partial charge is 0.376 e. The molecule has 1 N–H and O–H groups in total. The molecule has 3 heterocycles. The number of urea groups is 1. The molecule has 3 aliphatic heterocycles. The topological polar surface area (TPSA) is 79.0 Å². The summed E-state index contributed by atoms with van der Waals surface area (Å²) in [4.78, 5) is 42.5. The van der Waals surface area contributed by atoms with E-state index in [4.69, 9.17) is 4.74 Å². The van der Waals surface area contributed by atoms with E-state index in [1.54, 1.807) is 12.1 Å². The molecule has 3 fully saturated rings. The molecule has 7 nitrogen and oxygen atoms in total. The number of benzene rings is 1. The van der Waals surface area contributed by atoms with Crippen molar-refractivity contribution in [2.24, 2.45) is 11.8 Å². The van der Waals surface area contributed by atoms with Crippen LogP contribution in [0.4, 0.5) is 9.18 Å². The van der Waals surface area contributed by atoms with Crippen molar-refractivity contribution in [1.29, 1.82) is 0 Å². The smallest absolute Gasteiger partial charge is 0.325 e. The third kappa shape index (κ3) is 5.05. The van der Waals surface area contributed by atoms with Gasteiger partial charge in [0, 0.05) is 32.5 Å². The second-order valence-electron chi connectivity index (χ2n) is 10.0. The van der Waals surface area contributed by atoms with E-state index in [9.17, 15) is 18.8 Å². The van der Waals surface area contributed by atoms with Crippen LogP contribution in [0.2, 0.25) is 0 Å². The lowest BCUT2D eigenvalue weighted by molar-refractivity contribution is -0.137. The Morgan fingerprint density at radius 1 is 1.18 bits per heavy atom. The zero-order valence-electron chi connectivity index (χ0n) is 19.5. The summed E-state index contributed by atoms with van der Waals surface area (Å²) in [6.45, 7) is 6.08. The Hall–Kier alpha value is -2.48. The number of ether oxygens (including phenoxy) is 1. The second kappa shape index (κ2) is 9.79. The number of likely N-dealkylation sites (tertiary alicyclic amines) is 1. The van der Waals surface area contributed by atoms with Crippen molar-refractivity contribution < 1.29 is 23.5 Å². The van der Waals surface area contributed by atoms with Crippen LogP contribution in [0.5, 0.6) is 0 Å². The van der Waals surface area contributed by atoms with Crippen LogP contribution < -0.4 is 5.32 Å². The molecule has 3 saturated heterocycles. The Kier molecular flexibility index (Phi) is 7.02. The van der Waals surface area contributed by atoms with Gasteiger partial charge in [0.1, 0.15) is 11.4 Å². The van der Waals surface area contributed by atoms with E-state index in [-0.39, 0.29) is 36.2 Å². The van der Waals surface area contributed by atoms with Crippen LogP contribution in [0.1, 0.15) is 51.5 Å². The highest BCUT2D eigenvalue weighted by Crippen LogP contribution is 2.37. The maximum Gasteiger partial charge on any atom is 0.325 e. The molecule has 33 heavy (non-hydrogen) atoms. The van der Waals surface area contributed by atoms with Crippen molar-refractivity contribution in [3.05, 3.63) is 35.6 Å². The van der Waals surface area contributed by atoms with E-state index in [1.807, 2.05) is 18.7 Å². The van der Waals surface area contributed by atoms with Gasteiger partial charge in [-0.25, -0.2) is 9.18 Å². The first-order chi connectivity index (χ1) is 15.8. The molecule has 2 unspecified atom stereocenters. The number of amides is 4. The summed E-state index contributed by atoms with van der Waals surface area (Å²) in [6.07, 6.45) is 3.70. The fourth-order valence-corrected chi connectivity index (χ4v) is 5.37. The van der Waals surface area contributed by atoms with Crippen LogP contribution >= 0.6 is 0 Å². The molecular weight excluding hydrogens is 425 g/mol. The third-order valence-electron chi connectivity index (χ3n) is 7.14. The summed E-state index contributed by atoms with van der Waals surface area (Å²) < 4.78 is 19.2. The minimum atomic E-state index is -1.10. The molecule has 2 atom stereocenters. The average molecular weight is 460 g/mol. The van der Waals surface area contributed by atoms with Crippen molar-refractivity contribution >= 4 is 17.8 Å². The van der Waals surface area contributed by atoms with Gasteiger partial charge in [0.05, 0.1) is 12.6 Å². The Morgan fingerprint density at radius 2 is 1.88 bits per heavy atom. The highest BCUT2D eigenvalue weighted by Gasteiger charge is 2.56. The first kappa shape index (κ1) is 23.7. The first-order valence-corrected chi connectivity index (χ1v) is 12.1. The van der Waals surface area contributed by atoms with E-state index < -0.39 is 11.6 Å². The number of carbonyl (C=O) groups is 3. The quantitative estimate of drug-likeness (QED) is 0.636. The fraction of sp³-hybridized carbons (Fsp3) is 0.640. The molecule has 3 aliphatic rings. The van der Waals surface area contributed by atoms with Gasteiger partial charge in [-0.3, -0.25) is 14.5 Å². The van der Waals surface area contributed by atoms with Gasteiger partial charge in [0.25, 0.3) is 5.91 Å². The molecule has 1 aromatic rings. The highest BCUT2D eigenvalue weighted by molar-refractivity contribution is 6.07. The minimum Gasteiger partial charge on any atom is -0.376 e. The van der Waals surface area contributed by atoms with Gasteiger partial charge in [-0.15, -0.1) is 0 Å². The predicted molar refractivity (Wildman–Crippen MR) is 121 cm³/mol. The number of hydrogen-bond donors (Lipinski definition) is 1. The van der Waals surface area contributed by atoms with Crippen LogP contribution in [-0.4, -0.2) is 65.5 Å². The molecule has 0 bridgehead atoms. The number of carbonyl (C=O) groups excluding carboxylic acids is 3. The molecule has 1 aromatic carbocycles.